The minimum absolute atomic E-state index is 0.0463. The van der Waals surface area contributed by atoms with E-state index in [0.717, 1.165) is 16.7 Å². The Morgan fingerprint density at radius 2 is 1.06 bits per heavy atom. The van der Waals surface area contributed by atoms with Gasteiger partial charge in [0.2, 0.25) is 0 Å². The molecule has 0 N–H and O–H groups in total. The van der Waals surface area contributed by atoms with Gasteiger partial charge in [0.15, 0.2) is 0 Å². The summed E-state index contributed by atoms with van der Waals surface area (Å²) in [5, 5.41) is 0. The van der Waals surface area contributed by atoms with E-state index in [2.05, 4.69) is 36.4 Å². The Labute approximate surface area is 282 Å². The zero-order valence-electron chi connectivity index (χ0n) is 26.8. The average Bonchev–Trinajstić information content (AvgIpc) is 3.47. The first kappa shape index (κ1) is 31.6. The van der Waals surface area contributed by atoms with Crippen LogP contribution in [0.1, 0.15) is 33.7 Å². The molecule has 48 heavy (non-hydrogen) atoms. The van der Waals surface area contributed by atoms with Gasteiger partial charge in [-0.25, -0.2) is 4.79 Å². The van der Waals surface area contributed by atoms with Crippen molar-refractivity contribution < 1.29 is 23.7 Å². The topological polar surface area (TPSA) is 57.2 Å². The van der Waals surface area contributed by atoms with E-state index < -0.39 is 24.3 Å². The van der Waals surface area contributed by atoms with Gasteiger partial charge in [0.1, 0.15) is 18.8 Å². The van der Waals surface area contributed by atoms with Crippen LogP contribution in [0.4, 0.5) is 4.79 Å². The van der Waals surface area contributed by atoms with Crippen molar-refractivity contribution in [2.45, 2.75) is 44.0 Å². The van der Waals surface area contributed by atoms with Gasteiger partial charge in [0.05, 0.1) is 32.5 Å². The first-order valence-corrected chi connectivity index (χ1v) is 16.5. The third-order valence-corrected chi connectivity index (χ3v) is 9.01. The number of amides is 1. The molecule has 1 heterocycles. The largest absolute Gasteiger partial charge is 0.448 e. The minimum Gasteiger partial charge on any atom is -0.448 e. The first-order valence-electron chi connectivity index (χ1n) is 16.5. The van der Waals surface area contributed by atoms with Crippen molar-refractivity contribution in [3.63, 3.8) is 0 Å². The highest BCUT2D eigenvalue weighted by Crippen LogP contribution is 2.44. The maximum Gasteiger partial charge on any atom is 0.414 e. The normalized spacial score (nSPS) is 18.3. The lowest BCUT2D eigenvalue weighted by Crippen LogP contribution is -2.55. The molecule has 5 aromatic rings. The Balaban J connectivity index is 1.13. The van der Waals surface area contributed by atoms with Gasteiger partial charge in [-0.05, 0) is 45.0 Å². The van der Waals surface area contributed by atoms with Crippen LogP contribution in [0, 0.1) is 0 Å². The quantitative estimate of drug-likeness (QED) is 0.137. The summed E-state index contributed by atoms with van der Waals surface area (Å²) in [7, 11) is 0. The smallest absolute Gasteiger partial charge is 0.414 e. The molecule has 7 rings (SSSR count). The van der Waals surface area contributed by atoms with Crippen LogP contribution in [0.15, 0.2) is 152 Å². The van der Waals surface area contributed by atoms with Gasteiger partial charge in [-0.3, -0.25) is 4.90 Å². The molecule has 6 nitrogen and oxygen atoms in total. The van der Waals surface area contributed by atoms with Crippen LogP contribution in [0.5, 0.6) is 0 Å². The summed E-state index contributed by atoms with van der Waals surface area (Å²) in [6, 6.07) is 46.3. The fraction of sp³-hybridized carbons (Fsp3) is 0.214. The van der Waals surface area contributed by atoms with Crippen LogP contribution >= 0.6 is 0 Å². The molecule has 0 saturated heterocycles. The molecule has 3 atom stereocenters. The van der Waals surface area contributed by atoms with Crippen molar-refractivity contribution >= 4 is 6.09 Å². The molecule has 0 fully saturated rings. The van der Waals surface area contributed by atoms with Crippen LogP contribution in [-0.4, -0.2) is 42.5 Å². The molecule has 5 aromatic carbocycles. The number of hydrogen-bond donors (Lipinski definition) is 0. The van der Waals surface area contributed by atoms with Crippen LogP contribution in [0.25, 0.3) is 11.1 Å². The SMILES string of the molecule is O=C(OCC1c2ccccc2-c2ccccc21)N1C=C[C@@H](OCc2ccccc2)[C@H](OCc2ccccc2)[C@H]1COCc1ccccc1. The van der Waals surface area contributed by atoms with Gasteiger partial charge < -0.3 is 18.9 Å². The predicted octanol–water partition coefficient (Wildman–Crippen LogP) is 8.52. The number of carbonyl (C=O) groups excluding carboxylic acids is 1. The second-order valence-corrected chi connectivity index (χ2v) is 12.1. The Kier molecular flexibility index (Phi) is 10.0. The molecule has 6 heteroatoms. The number of hydrogen-bond acceptors (Lipinski definition) is 5. The van der Waals surface area contributed by atoms with E-state index in [9.17, 15) is 4.79 Å². The second-order valence-electron chi connectivity index (χ2n) is 12.1. The van der Waals surface area contributed by atoms with Crippen molar-refractivity contribution in [3.05, 3.63) is 180 Å². The molecular formula is C42H39NO5. The van der Waals surface area contributed by atoms with Gasteiger partial charge >= 0.3 is 6.09 Å². The molecular weight excluding hydrogens is 598 g/mol. The van der Waals surface area contributed by atoms with Crippen molar-refractivity contribution in [3.8, 4) is 11.1 Å². The van der Waals surface area contributed by atoms with Crippen molar-refractivity contribution in [1.82, 2.24) is 4.90 Å². The lowest BCUT2D eigenvalue weighted by atomic mass is 9.98. The van der Waals surface area contributed by atoms with Gasteiger partial charge in [-0.1, -0.05) is 140 Å². The van der Waals surface area contributed by atoms with Gasteiger partial charge in [-0.2, -0.15) is 0 Å². The third-order valence-electron chi connectivity index (χ3n) is 9.01. The molecule has 0 bridgehead atoms. The second kappa shape index (κ2) is 15.3. The molecule has 242 valence electrons. The van der Waals surface area contributed by atoms with Crippen LogP contribution in [0.3, 0.4) is 0 Å². The van der Waals surface area contributed by atoms with Gasteiger partial charge in [0.25, 0.3) is 0 Å². The van der Waals surface area contributed by atoms with Gasteiger partial charge in [0, 0.05) is 12.1 Å². The number of carbonyl (C=O) groups is 1. The predicted molar refractivity (Wildman–Crippen MR) is 186 cm³/mol. The van der Waals surface area contributed by atoms with E-state index in [1.165, 1.54) is 22.3 Å². The fourth-order valence-electron chi connectivity index (χ4n) is 6.58. The molecule has 0 aromatic heterocycles. The average molecular weight is 638 g/mol. The summed E-state index contributed by atoms with van der Waals surface area (Å²) in [6.07, 6.45) is 2.28. The lowest BCUT2D eigenvalue weighted by molar-refractivity contribution is -0.115. The zero-order valence-corrected chi connectivity index (χ0v) is 26.8. The van der Waals surface area contributed by atoms with E-state index in [1.54, 1.807) is 11.1 Å². The highest BCUT2D eigenvalue weighted by Gasteiger charge is 2.40. The number of nitrogens with zero attached hydrogens (tertiary/aromatic N) is 1. The molecule has 0 unspecified atom stereocenters. The Morgan fingerprint density at radius 3 is 1.65 bits per heavy atom. The Bertz CT molecular complexity index is 1760. The maximum atomic E-state index is 14.0. The van der Waals surface area contributed by atoms with Crippen molar-refractivity contribution in [1.29, 1.82) is 0 Å². The molecule has 1 amide bonds. The minimum atomic E-state index is -0.518. The number of fused-ring (bicyclic) bond motifs is 3. The molecule has 2 aliphatic rings. The van der Waals surface area contributed by atoms with Crippen LogP contribution < -0.4 is 0 Å². The zero-order chi connectivity index (χ0) is 32.5. The molecule has 1 aliphatic carbocycles. The van der Waals surface area contributed by atoms with Crippen molar-refractivity contribution in [2.75, 3.05) is 13.2 Å². The molecule has 1 aliphatic heterocycles. The third kappa shape index (κ3) is 7.26. The van der Waals surface area contributed by atoms with Gasteiger partial charge in [-0.15, -0.1) is 0 Å². The number of ether oxygens (including phenoxy) is 4. The number of benzene rings is 5. The lowest BCUT2D eigenvalue weighted by Gasteiger charge is -2.40. The molecule has 0 spiro atoms. The first-order chi connectivity index (χ1) is 23.7. The Hall–Kier alpha value is -5.01. The molecule has 0 saturated carbocycles. The summed E-state index contributed by atoms with van der Waals surface area (Å²) in [6.45, 7) is 1.62. The summed E-state index contributed by atoms with van der Waals surface area (Å²) in [5.41, 5.74) is 7.85. The summed E-state index contributed by atoms with van der Waals surface area (Å²) in [5.74, 6) is -0.0463. The summed E-state index contributed by atoms with van der Waals surface area (Å²) >= 11 is 0. The van der Waals surface area contributed by atoms with E-state index in [1.807, 2.05) is 109 Å². The Morgan fingerprint density at radius 1 is 0.562 bits per heavy atom. The van der Waals surface area contributed by atoms with Crippen LogP contribution in [0.2, 0.25) is 0 Å². The standard InChI is InChI=1S/C42H39NO5/c44-42(48-29-38-36-22-12-10-20-34(36)35-21-11-13-23-37(35)38)43-25-24-40(46-27-32-16-6-2-7-17-32)41(47-28-33-18-8-3-9-19-33)39(43)30-45-26-31-14-4-1-5-15-31/h1-25,38-41H,26-30H2/t39-,40-,41-/m1/s1. The summed E-state index contributed by atoms with van der Waals surface area (Å²) in [4.78, 5) is 15.6. The van der Waals surface area contributed by atoms with E-state index in [4.69, 9.17) is 18.9 Å². The van der Waals surface area contributed by atoms with Crippen LogP contribution in [-0.2, 0) is 38.8 Å². The monoisotopic (exact) mass is 637 g/mol. The van der Waals surface area contributed by atoms with E-state index in [0.29, 0.717) is 19.8 Å². The highest BCUT2D eigenvalue weighted by molar-refractivity contribution is 5.79. The fourth-order valence-corrected chi connectivity index (χ4v) is 6.58. The summed E-state index contributed by atoms with van der Waals surface area (Å²) < 4.78 is 25.5. The van der Waals surface area contributed by atoms with E-state index >= 15 is 0 Å². The van der Waals surface area contributed by atoms with Crippen molar-refractivity contribution in [2.24, 2.45) is 0 Å². The van der Waals surface area contributed by atoms with E-state index in [-0.39, 0.29) is 19.1 Å². The maximum absolute atomic E-state index is 14.0. The molecule has 0 radical (unpaired) electrons. The number of rotatable bonds is 12. The highest BCUT2D eigenvalue weighted by atomic mass is 16.6.